The van der Waals surface area contributed by atoms with Gasteiger partial charge in [0.1, 0.15) is 11.3 Å². The molecule has 8 heteroatoms. The van der Waals surface area contributed by atoms with E-state index < -0.39 is 23.6 Å². The van der Waals surface area contributed by atoms with Crippen LogP contribution in [0.2, 0.25) is 0 Å². The van der Waals surface area contributed by atoms with Gasteiger partial charge in [0.05, 0.1) is 0 Å². The largest absolute Gasteiger partial charge is 0.573 e. The zero-order valence-electron chi connectivity index (χ0n) is 11.3. The Balaban J connectivity index is 2.18. The molecule has 2 aromatic rings. The Hall–Kier alpha value is -2.77. The Bertz CT molecular complexity index is 753. The first-order chi connectivity index (χ1) is 10.2. The topological polar surface area (TPSA) is 71.2 Å². The third-order valence-electron chi connectivity index (χ3n) is 2.63. The molecule has 2 rings (SSSR count). The molecule has 0 aliphatic rings. The maximum atomic E-state index is 12.1. The maximum Gasteiger partial charge on any atom is 0.573 e. The number of aryl methyl sites for hydroxylation is 1. The van der Waals surface area contributed by atoms with E-state index >= 15 is 0 Å². The minimum atomic E-state index is -4.82. The number of ether oxygens (including phenoxy) is 1. The molecule has 0 radical (unpaired) electrons. The fourth-order valence-electron chi connectivity index (χ4n) is 1.72. The van der Waals surface area contributed by atoms with E-state index in [9.17, 15) is 22.8 Å². The molecule has 0 spiro atoms. The SMILES string of the molecule is Cc1ccc(C(=O)Nc2cccc(OC(F)(F)F)c2)c(=O)[nH]1. The molecule has 0 saturated carbocycles. The Morgan fingerprint density at radius 2 is 1.95 bits per heavy atom. The highest BCUT2D eigenvalue weighted by molar-refractivity contribution is 6.04. The Morgan fingerprint density at radius 1 is 1.23 bits per heavy atom. The number of carbonyl (C=O) groups excluding carboxylic acids is 1. The average molecular weight is 312 g/mol. The number of aromatic amines is 1. The lowest BCUT2D eigenvalue weighted by Crippen LogP contribution is -2.23. The summed E-state index contributed by atoms with van der Waals surface area (Å²) in [6, 6.07) is 7.65. The number of hydrogen-bond donors (Lipinski definition) is 2. The van der Waals surface area contributed by atoms with Crippen LogP contribution in [0.5, 0.6) is 5.75 Å². The molecule has 1 aromatic heterocycles. The van der Waals surface area contributed by atoms with Gasteiger partial charge < -0.3 is 15.0 Å². The van der Waals surface area contributed by atoms with E-state index in [1.165, 1.54) is 18.2 Å². The summed E-state index contributed by atoms with van der Waals surface area (Å²) in [6.45, 7) is 1.65. The lowest BCUT2D eigenvalue weighted by Gasteiger charge is -2.10. The van der Waals surface area contributed by atoms with Gasteiger partial charge in [0.25, 0.3) is 11.5 Å². The van der Waals surface area contributed by atoms with Crippen molar-refractivity contribution in [2.75, 3.05) is 5.32 Å². The molecule has 2 N–H and O–H groups in total. The number of benzene rings is 1. The number of H-pyrrole nitrogens is 1. The minimum Gasteiger partial charge on any atom is -0.406 e. The molecule has 0 fully saturated rings. The molecule has 22 heavy (non-hydrogen) atoms. The monoisotopic (exact) mass is 312 g/mol. The molecule has 0 unspecified atom stereocenters. The molecule has 0 bridgehead atoms. The Morgan fingerprint density at radius 3 is 2.59 bits per heavy atom. The Kier molecular flexibility index (Phi) is 4.20. The van der Waals surface area contributed by atoms with Gasteiger partial charge in [0, 0.05) is 17.4 Å². The number of alkyl halides is 3. The summed E-state index contributed by atoms with van der Waals surface area (Å²) in [4.78, 5) is 26.0. The fraction of sp³-hybridized carbons (Fsp3) is 0.143. The summed E-state index contributed by atoms with van der Waals surface area (Å²) in [5, 5.41) is 2.34. The standard InChI is InChI=1S/C14H11F3N2O3/c1-8-5-6-11(12(20)18-8)13(21)19-9-3-2-4-10(7-9)22-14(15,16)17/h2-7H,1H3,(H,18,20)(H,19,21). The number of rotatable bonds is 3. The number of aromatic nitrogens is 1. The number of hydrogen-bond acceptors (Lipinski definition) is 3. The molecule has 1 amide bonds. The second kappa shape index (κ2) is 5.92. The van der Waals surface area contributed by atoms with Crippen molar-refractivity contribution >= 4 is 11.6 Å². The van der Waals surface area contributed by atoms with Gasteiger partial charge in [0.2, 0.25) is 0 Å². The van der Waals surface area contributed by atoms with Gasteiger partial charge >= 0.3 is 6.36 Å². The first kappa shape index (κ1) is 15.6. The van der Waals surface area contributed by atoms with Gasteiger partial charge in [-0.3, -0.25) is 9.59 Å². The van der Waals surface area contributed by atoms with Crippen LogP contribution in [0.3, 0.4) is 0 Å². The third kappa shape index (κ3) is 4.11. The number of carbonyl (C=O) groups is 1. The van der Waals surface area contributed by atoms with Crippen molar-refractivity contribution in [2.24, 2.45) is 0 Å². The summed E-state index contributed by atoms with van der Waals surface area (Å²) in [5.74, 6) is -1.20. The van der Waals surface area contributed by atoms with Crippen molar-refractivity contribution in [1.82, 2.24) is 4.98 Å². The summed E-state index contributed by atoms with van der Waals surface area (Å²) < 4.78 is 40.2. The zero-order chi connectivity index (χ0) is 16.3. The molecule has 0 atom stereocenters. The van der Waals surface area contributed by atoms with E-state index in [4.69, 9.17) is 0 Å². The number of halogens is 3. The highest BCUT2D eigenvalue weighted by Gasteiger charge is 2.31. The van der Waals surface area contributed by atoms with Crippen LogP contribution in [0.15, 0.2) is 41.2 Å². The summed E-state index contributed by atoms with van der Waals surface area (Å²) in [6.07, 6.45) is -4.82. The van der Waals surface area contributed by atoms with Crippen LogP contribution >= 0.6 is 0 Å². The second-order valence-corrected chi connectivity index (χ2v) is 4.41. The third-order valence-corrected chi connectivity index (χ3v) is 2.63. The predicted molar refractivity (Wildman–Crippen MR) is 72.9 cm³/mol. The molecule has 1 heterocycles. The van der Waals surface area contributed by atoms with E-state index in [2.05, 4.69) is 15.0 Å². The molecule has 0 aliphatic heterocycles. The lowest BCUT2D eigenvalue weighted by molar-refractivity contribution is -0.274. The lowest BCUT2D eigenvalue weighted by atomic mass is 10.2. The number of amides is 1. The maximum absolute atomic E-state index is 12.1. The molecule has 116 valence electrons. The van der Waals surface area contributed by atoms with Gasteiger partial charge in [-0.25, -0.2) is 0 Å². The number of anilines is 1. The number of nitrogens with one attached hydrogen (secondary N) is 2. The van der Waals surface area contributed by atoms with Crippen molar-refractivity contribution in [3.8, 4) is 5.75 Å². The summed E-state index contributed by atoms with van der Waals surface area (Å²) >= 11 is 0. The molecule has 1 aromatic carbocycles. The van der Waals surface area contributed by atoms with Crippen molar-refractivity contribution in [3.63, 3.8) is 0 Å². The zero-order valence-corrected chi connectivity index (χ0v) is 11.3. The van der Waals surface area contributed by atoms with Crippen molar-refractivity contribution in [1.29, 1.82) is 0 Å². The molecule has 0 aliphatic carbocycles. The van der Waals surface area contributed by atoms with Crippen LogP contribution in [-0.2, 0) is 0 Å². The smallest absolute Gasteiger partial charge is 0.406 e. The molecule has 0 saturated heterocycles. The van der Waals surface area contributed by atoms with Crippen LogP contribution in [-0.4, -0.2) is 17.3 Å². The van der Waals surface area contributed by atoms with Gasteiger partial charge in [-0.1, -0.05) is 6.07 Å². The predicted octanol–water partition coefficient (Wildman–Crippen LogP) is 2.83. The molecule has 5 nitrogen and oxygen atoms in total. The van der Waals surface area contributed by atoms with Crippen LogP contribution in [0.4, 0.5) is 18.9 Å². The quantitative estimate of drug-likeness (QED) is 0.915. The van der Waals surface area contributed by atoms with Gasteiger partial charge in [-0.05, 0) is 31.2 Å². The van der Waals surface area contributed by atoms with Crippen LogP contribution < -0.4 is 15.6 Å². The Labute approximate surface area is 122 Å². The molecular formula is C14H11F3N2O3. The van der Waals surface area contributed by atoms with E-state index in [-0.39, 0.29) is 11.3 Å². The van der Waals surface area contributed by atoms with Gasteiger partial charge in [0.15, 0.2) is 0 Å². The van der Waals surface area contributed by atoms with Crippen molar-refractivity contribution < 1.29 is 22.7 Å². The van der Waals surface area contributed by atoms with Crippen molar-refractivity contribution in [2.45, 2.75) is 13.3 Å². The fourth-order valence-corrected chi connectivity index (χ4v) is 1.72. The highest BCUT2D eigenvalue weighted by atomic mass is 19.4. The van der Waals surface area contributed by atoms with Gasteiger partial charge in [-0.2, -0.15) is 0 Å². The van der Waals surface area contributed by atoms with Crippen molar-refractivity contribution in [3.05, 3.63) is 58.0 Å². The first-order valence-corrected chi connectivity index (χ1v) is 6.12. The van der Waals surface area contributed by atoms with E-state index in [0.717, 1.165) is 12.1 Å². The first-order valence-electron chi connectivity index (χ1n) is 6.12. The number of pyridine rings is 1. The summed E-state index contributed by atoms with van der Waals surface area (Å²) in [7, 11) is 0. The van der Waals surface area contributed by atoms with Crippen LogP contribution in [0.1, 0.15) is 16.1 Å². The van der Waals surface area contributed by atoms with Crippen LogP contribution in [0.25, 0.3) is 0 Å². The highest BCUT2D eigenvalue weighted by Crippen LogP contribution is 2.25. The minimum absolute atomic E-state index is 0.0757. The normalized spacial score (nSPS) is 11.1. The van der Waals surface area contributed by atoms with E-state index in [0.29, 0.717) is 5.69 Å². The second-order valence-electron chi connectivity index (χ2n) is 4.41. The summed E-state index contributed by atoms with van der Waals surface area (Å²) in [5.41, 5.74) is -0.0678. The molecular weight excluding hydrogens is 301 g/mol. The van der Waals surface area contributed by atoms with Crippen LogP contribution in [0, 0.1) is 6.92 Å². The average Bonchev–Trinajstić information content (AvgIpc) is 2.36. The van der Waals surface area contributed by atoms with E-state index in [1.54, 1.807) is 13.0 Å². The van der Waals surface area contributed by atoms with Gasteiger partial charge in [-0.15, -0.1) is 13.2 Å². The van der Waals surface area contributed by atoms with E-state index in [1.807, 2.05) is 0 Å².